The Balaban J connectivity index is 1.67. The number of unbranched alkanes of at least 4 members (excludes halogenated alkanes) is 1. The van der Waals surface area contributed by atoms with E-state index in [-0.39, 0.29) is 12.5 Å². The summed E-state index contributed by atoms with van der Waals surface area (Å²) in [5, 5.41) is 10.1. The van der Waals surface area contributed by atoms with E-state index in [0.29, 0.717) is 45.5 Å². The monoisotopic (exact) mass is 483 g/mol. The van der Waals surface area contributed by atoms with Crippen molar-refractivity contribution in [1.82, 2.24) is 9.80 Å². The van der Waals surface area contributed by atoms with Crippen molar-refractivity contribution < 1.29 is 24.3 Å². The van der Waals surface area contributed by atoms with Gasteiger partial charge in [0, 0.05) is 25.7 Å². The molecule has 0 aliphatic carbocycles. The number of carboxylic acid groups (broad SMARTS) is 1. The Morgan fingerprint density at radius 3 is 2.40 bits per heavy atom. The summed E-state index contributed by atoms with van der Waals surface area (Å²) in [7, 11) is 2.00. The number of hydrogen-bond donors (Lipinski definition) is 2. The minimum atomic E-state index is -2.09. The second kappa shape index (κ2) is 12.7. The van der Waals surface area contributed by atoms with Gasteiger partial charge in [-0.15, -0.1) is 0 Å². The number of benzene rings is 2. The molecule has 3 rings (SSSR count). The summed E-state index contributed by atoms with van der Waals surface area (Å²) < 4.78 is 5.47. The molecule has 0 saturated carbocycles. The molecule has 0 aromatic heterocycles. The van der Waals surface area contributed by atoms with Gasteiger partial charge in [0.25, 0.3) is 11.5 Å². The number of nitrogens with two attached hydrogens (primary N) is 1. The van der Waals surface area contributed by atoms with Gasteiger partial charge in [-0.3, -0.25) is 9.63 Å². The highest BCUT2D eigenvalue weighted by Crippen LogP contribution is 2.26. The zero-order chi connectivity index (χ0) is 25.3. The SMILES string of the molecule is CCOc1ccc(CCCCC(ON)(C(=O)O)C(=O)N2CCN(C)C[C@@H]2Cc2ccccc2)cc1. The molecule has 0 bridgehead atoms. The zero-order valence-corrected chi connectivity index (χ0v) is 20.7. The molecule has 35 heavy (non-hydrogen) atoms. The standard InChI is InChI=1S/C27H37N3O5/c1-3-34-24-14-12-21(13-15-24)9-7-8-16-27(35-28,26(32)33)25(31)30-18-17-29(2)20-23(30)19-22-10-5-4-6-11-22/h4-6,10-15,23H,3,7-9,16-20,28H2,1-2H3,(H,32,33)/t23-,27?/m0/s1. The molecule has 2 aromatic carbocycles. The fourth-order valence-electron chi connectivity index (χ4n) is 4.66. The fourth-order valence-corrected chi connectivity index (χ4v) is 4.66. The van der Waals surface area contributed by atoms with Crippen LogP contribution in [0.2, 0.25) is 0 Å². The molecule has 8 nitrogen and oxygen atoms in total. The number of piperazine rings is 1. The van der Waals surface area contributed by atoms with Gasteiger partial charge in [-0.2, -0.15) is 0 Å². The van der Waals surface area contributed by atoms with Crippen molar-refractivity contribution in [2.24, 2.45) is 5.90 Å². The lowest BCUT2D eigenvalue weighted by molar-refractivity contribution is -0.184. The normalized spacial score (nSPS) is 18.1. The third-order valence-electron chi connectivity index (χ3n) is 6.63. The summed E-state index contributed by atoms with van der Waals surface area (Å²) in [5.41, 5.74) is 0.121. The average molecular weight is 484 g/mol. The number of amides is 1. The van der Waals surface area contributed by atoms with Crippen molar-refractivity contribution in [2.45, 2.75) is 50.7 Å². The van der Waals surface area contributed by atoms with Crippen LogP contribution in [0, 0.1) is 0 Å². The Morgan fingerprint density at radius 2 is 1.77 bits per heavy atom. The second-order valence-electron chi connectivity index (χ2n) is 9.14. The molecule has 190 valence electrons. The van der Waals surface area contributed by atoms with Crippen molar-refractivity contribution in [3.05, 3.63) is 65.7 Å². The minimum Gasteiger partial charge on any atom is -0.494 e. The van der Waals surface area contributed by atoms with Gasteiger partial charge in [0.1, 0.15) is 5.75 Å². The van der Waals surface area contributed by atoms with Crippen LogP contribution in [0.3, 0.4) is 0 Å². The number of carbonyl (C=O) groups is 2. The van der Waals surface area contributed by atoms with E-state index >= 15 is 0 Å². The number of aliphatic carboxylic acids is 1. The summed E-state index contributed by atoms with van der Waals surface area (Å²) in [6.45, 7) is 4.30. The molecule has 8 heteroatoms. The highest BCUT2D eigenvalue weighted by Gasteiger charge is 2.51. The quantitative estimate of drug-likeness (QED) is 0.272. The number of carbonyl (C=O) groups excluding carboxylic acids is 1. The van der Waals surface area contributed by atoms with Crippen LogP contribution in [-0.4, -0.2) is 71.7 Å². The predicted octanol–water partition coefficient (Wildman–Crippen LogP) is 2.90. The zero-order valence-electron chi connectivity index (χ0n) is 20.7. The first-order chi connectivity index (χ1) is 16.9. The van der Waals surface area contributed by atoms with Gasteiger partial charge < -0.3 is 19.6 Å². The third-order valence-corrected chi connectivity index (χ3v) is 6.63. The van der Waals surface area contributed by atoms with Crippen LogP contribution >= 0.6 is 0 Å². The molecule has 1 unspecified atom stereocenters. The summed E-state index contributed by atoms with van der Waals surface area (Å²) in [6, 6.07) is 17.6. The molecule has 1 heterocycles. The maximum atomic E-state index is 13.7. The van der Waals surface area contributed by atoms with Crippen LogP contribution in [0.4, 0.5) is 0 Å². The van der Waals surface area contributed by atoms with Gasteiger partial charge >= 0.3 is 5.97 Å². The Labute approximate surface area is 207 Å². The molecule has 3 N–H and O–H groups in total. The van der Waals surface area contributed by atoms with Crippen LogP contribution in [0.1, 0.15) is 37.3 Å². The maximum absolute atomic E-state index is 13.7. The smallest absolute Gasteiger partial charge is 0.348 e. The number of ether oxygens (including phenoxy) is 1. The first kappa shape index (κ1) is 26.7. The molecule has 2 aromatic rings. The van der Waals surface area contributed by atoms with Crippen molar-refractivity contribution >= 4 is 11.9 Å². The van der Waals surface area contributed by atoms with Crippen LogP contribution in [0.5, 0.6) is 5.75 Å². The topological polar surface area (TPSA) is 105 Å². The Hall–Kier alpha value is -2.94. The summed E-state index contributed by atoms with van der Waals surface area (Å²) in [4.78, 5) is 34.8. The predicted molar refractivity (Wildman–Crippen MR) is 134 cm³/mol. The molecule has 1 fully saturated rings. The third kappa shape index (κ3) is 6.81. The number of carboxylic acids is 1. The Bertz CT molecular complexity index is 953. The van der Waals surface area contributed by atoms with E-state index in [9.17, 15) is 14.7 Å². The van der Waals surface area contributed by atoms with E-state index in [1.54, 1.807) is 4.90 Å². The van der Waals surface area contributed by atoms with Gasteiger partial charge in [-0.25, -0.2) is 10.7 Å². The molecule has 2 atom stereocenters. The molecule has 1 saturated heterocycles. The Morgan fingerprint density at radius 1 is 1.06 bits per heavy atom. The van der Waals surface area contributed by atoms with Crippen molar-refractivity contribution in [3.8, 4) is 5.75 Å². The first-order valence-electron chi connectivity index (χ1n) is 12.3. The van der Waals surface area contributed by atoms with Crippen LogP contribution in [-0.2, 0) is 27.3 Å². The van der Waals surface area contributed by atoms with Gasteiger partial charge in [0.2, 0.25) is 0 Å². The van der Waals surface area contributed by atoms with Gasteiger partial charge in [-0.1, -0.05) is 42.5 Å². The number of rotatable bonds is 12. The minimum absolute atomic E-state index is 0.0130. The molecule has 0 radical (unpaired) electrons. The van der Waals surface area contributed by atoms with E-state index in [0.717, 1.165) is 23.3 Å². The lowest BCUT2D eigenvalue weighted by Gasteiger charge is -2.43. The fraction of sp³-hybridized carbons (Fsp3) is 0.481. The molecular formula is C27H37N3O5. The maximum Gasteiger partial charge on any atom is 0.348 e. The van der Waals surface area contributed by atoms with Crippen LogP contribution in [0.15, 0.2) is 54.6 Å². The van der Waals surface area contributed by atoms with Gasteiger partial charge in [0.05, 0.1) is 6.61 Å². The van der Waals surface area contributed by atoms with Crippen molar-refractivity contribution in [3.63, 3.8) is 0 Å². The first-order valence-corrected chi connectivity index (χ1v) is 12.3. The van der Waals surface area contributed by atoms with Gasteiger partial charge in [0.15, 0.2) is 0 Å². The van der Waals surface area contributed by atoms with E-state index in [2.05, 4.69) is 4.90 Å². The van der Waals surface area contributed by atoms with Crippen molar-refractivity contribution in [2.75, 3.05) is 33.3 Å². The van der Waals surface area contributed by atoms with Crippen LogP contribution in [0.25, 0.3) is 0 Å². The summed E-state index contributed by atoms with van der Waals surface area (Å²) >= 11 is 0. The highest BCUT2D eigenvalue weighted by molar-refractivity contribution is 6.05. The lowest BCUT2D eigenvalue weighted by atomic mass is 9.91. The summed E-state index contributed by atoms with van der Waals surface area (Å²) in [6.07, 6.45) is 2.59. The number of nitrogens with zero attached hydrogens (tertiary/aromatic N) is 2. The number of likely N-dealkylation sites (N-methyl/N-ethyl adjacent to an activating group) is 1. The van der Waals surface area contributed by atoms with Crippen LogP contribution < -0.4 is 10.6 Å². The molecule has 1 aliphatic rings. The van der Waals surface area contributed by atoms with E-state index in [1.165, 1.54) is 0 Å². The van der Waals surface area contributed by atoms with E-state index < -0.39 is 17.5 Å². The molecular weight excluding hydrogens is 446 g/mol. The number of hydrogen-bond acceptors (Lipinski definition) is 6. The van der Waals surface area contributed by atoms with E-state index in [4.69, 9.17) is 15.5 Å². The highest BCUT2D eigenvalue weighted by atomic mass is 16.7. The lowest BCUT2D eigenvalue weighted by Crippen LogP contribution is -2.64. The Kier molecular flexibility index (Phi) is 9.65. The molecule has 0 spiro atoms. The van der Waals surface area contributed by atoms with Gasteiger partial charge in [-0.05, 0) is 69.3 Å². The summed E-state index contributed by atoms with van der Waals surface area (Å²) in [5.74, 6) is 4.44. The second-order valence-corrected chi connectivity index (χ2v) is 9.14. The average Bonchev–Trinajstić information content (AvgIpc) is 2.86. The van der Waals surface area contributed by atoms with Crippen molar-refractivity contribution in [1.29, 1.82) is 0 Å². The number of aryl methyl sites for hydroxylation is 1. The van der Waals surface area contributed by atoms with E-state index in [1.807, 2.05) is 68.6 Å². The molecule has 1 amide bonds. The molecule has 1 aliphatic heterocycles. The largest absolute Gasteiger partial charge is 0.494 e.